The van der Waals surface area contributed by atoms with Gasteiger partial charge in [0.25, 0.3) is 5.91 Å². The van der Waals surface area contributed by atoms with Crippen molar-refractivity contribution >= 4 is 5.91 Å². The van der Waals surface area contributed by atoms with Crippen LogP contribution < -0.4 is 15.7 Å². The number of H-pyrrole nitrogens is 1. The molecule has 2 N–H and O–H groups in total. The highest BCUT2D eigenvalue weighted by Gasteiger charge is 2.41. The van der Waals surface area contributed by atoms with Crippen molar-refractivity contribution in [3.8, 4) is 5.88 Å². The van der Waals surface area contributed by atoms with E-state index in [-0.39, 0.29) is 18.6 Å². The van der Waals surface area contributed by atoms with Crippen LogP contribution in [0.25, 0.3) is 0 Å². The van der Waals surface area contributed by atoms with Gasteiger partial charge in [0.1, 0.15) is 0 Å². The summed E-state index contributed by atoms with van der Waals surface area (Å²) in [6, 6.07) is 0.280. The molecular formula is C19H27N3O3. The number of hydrogen-bond donors (Lipinski definition) is 2. The Labute approximate surface area is 147 Å². The minimum atomic E-state index is -0.464. The number of ether oxygens (including phenoxy) is 1. The molecule has 4 saturated carbocycles. The molecule has 6 heteroatoms. The molecule has 25 heavy (non-hydrogen) atoms. The van der Waals surface area contributed by atoms with E-state index in [1.165, 1.54) is 44.7 Å². The van der Waals surface area contributed by atoms with Crippen molar-refractivity contribution in [3.05, 3.63) is 22.2 Å². The van der Waals surface area contributed by atoms with E-state index >= 15 is 0 Å². The van der Waals surface area contributed by atoms with Gasteiger partial charge in [-0.3, -0.25) is 9.78 Å². The third-order valence-corrected chi connectivity index (χ3v) is 6.38. The average Bonchev–Trinajstić information content (AvgIpc) is 2.57. The van der Waals surface area contributed by atoms with Crippen LogP contribution in [0, 0.1) is 30.6 Å². The van der Waals surface area contributed by atoms with Gasteiger partial charge in [0.15, 0.2) is 12.5 Å². The van der Waals surface area contributed by atoms with Crippen LogP contribution in [-0.4, -0.2) is 28.5 Å². The van der Waals surface area contributed by atoms with Crippen LogP contribution in [0.15, 0.2) is 11.0 Å². The number of hydrogen-bond acceptors (Lipinski definition) is 4. The Kier molecular flexibility index (Phi) is 4.52. The Hall–Kier alpha value is -1.85. The maximum Gasteiger partial charge on any atom is 0.347 e. The normalized spacial score (nSPS) is 33.6. The fourth-order valence-corrected chi connectivity index (χ4v) is 5.42. The van der Waals surface area contributed by atoms with Gasteiger partial charge in [0, 0.05) is 17.8 Å². The van der Waals surface area contributed by atoms with E-state index in [0.717, 1.165) is 24.2 Å². The summed E-state index contributed by atoms with van der Waals surface area (Å²) in [7, 11) is 0. The standard InChI is InChI=1S/C19H27N3O3/c1-11-9-20-19(24)22-18(11)25-10-17(23)21-16-3-2-12-4-13-6-14(5-12)8-15(16)7-13/h9,12-16H,2-8,10H2,1H3,(H,21,23)(H,20,22,24). The van der Waals surface area contributed by atoms with Crippen molar-refractivity contribution in [2.45, 2.75) is 57.9 Å². The summed E-state index contributed by atoms with van der Waals surface area (Å²) in [4.78, 5) is 29.8. The second-order valence-corrected chi connectivity index (χ2v) is 8.28. The fraction of sp³-hybridized carbons (Fsp3) is 0.737. The van der Waals surface area contributed by atoms with Crippen molar-refractivity contribution in [1.82, 2.24) is 15.3 Å². The Morgan fingerprint density at radius 1 is 1.20 bits per heavy atom. The number of aromatic amines is 1. The summed E-state index contributed by atoms with van der Waals surface area (Å²) in [5.74, 6) is 3.47. The van der Waals surface area contributed by atoms with Gasteiger partial charge in [0.05, 0.1) is 0 Å². The molecule has 1 aromatic rings. The minimum Gasteiger partial charge on any atom is -0.469 e. The Morgan fingerprint density at radius 2 is 1.92 bits per heavy atom. The Balaban J connectivity index is 1.35. The average molecular weight is 345 g/mol. The van der Waals surface area contributed by atoms with E-state index in [1.54, 1.807) is 6.92 Å². The quantitative estimate of drug-likeness (QED) is 0.876. The van der Waals surface area contributed by atoms with Gasteiger partial charge in [-0.15, -0.1) is 0 Å². The van der Waals surface area contributed by atoms with E-state index in [2.05, 4.69) is 15.3 Å². The monoisotopic (exact) mass is 345 g/mol. The molecule has 0 radical (unpaired) electrons. The molecule has 1 amide bonds. The number of aryl methyl sites for hydroxylation is 1. The smallest absolute Gasteiger partial charge is 0.347 e. The van der Waals surface area contributed by atoms with Crippen LogP contribution in [0.2, 0.25) is 0 Å². The summed E-state index contributed by atoms with van der Waals surface area (Å²) < 4.78 is 5.50. The summed E-state index contributed by atoms with van der Waals surface area (Å²) in [5, 5.41) is 3.22. The predicted molar refractivity (Wildman–Crippen MR) is 93.3 cm³/mol. The molecule has 0 spiro atoms. The maximum absolute atomic E-state index is 12.4. The largest absolute Gasteiger partial charge is 0.469 e. The summed E-state index contributed by atoms with van der Waals surface area (Å²) in [5.41, 5.74) is 0.252. The lowest BCUT2D eigenvalue weighted by atomic mass is 9.60. The van der Waals surface area contributed by atoms with Crippen molar-refractivity contribution in [2.24, 2.45) is 23.7 Å². The third-order valence-electron chi connectivity index (χ3n) is 6.38. The summed E-state index contributed by atoms with van der Waals surface area (Å²) >= 11 is 0. The van der Waals surface area contributed by atoms with Gasteiger partial charge >= 0.3 is 5.69 Å². The van der Waals surface area contributed by atoms with Gasteiger partial charge in [-0.1, -0.05) is 0 Å². The van der Waals surface area contributed by atoms with Crippen molar-refractivity contribution in [1.29, 1.82) is 0 Å². The number of rotatable bonds is 4. The number of carbonyl (C=O) groups is 1. The molecule has 4 fully saturated rings. The molecule has 0 aliphatic heterocycles. The molecule has 0 saturated heterocycles. The summed E-state index contributed by atoms with van der Waals surface area (Å²) in [6.07, 6.45) is 10.6. The van der Waals surface area contributed by atoms with E-state index in [0.29, 0.717) is 17.4 Å². The van der Waals surface area contributed by atoms with Gasteiger partial charge < -0.3 is 10.1 Å². The predicted octanol–water partition coefficient (Wildman–Crippen LogP) is 2.18. The van der Waals surface area contributed by atoms with Crippen molar-refractivity contribution in [2.75, 3.05) is 6.61 Å². The molecule has 0 aromatic carbocycles. The van der Waals surface area contributed by atoms with Crippen molar-refractivity contribution in [3.63, 3.8) is 0 Å². The first-order valence-corrected chi connectivity index (χ1v) is 9.55. The maximum atomic E-state index is 12.4. The van der Waals surface area contributed by atoms with Gasteiger partial charge in [-0.05, 0) is 75.5 Å². The molecule has 6 nitrogen and oxygen atoms in total. The number of nitrogens with zero attached hydrogens (tertiary/aromatic N) is 1. The van der Waals surface area contributed by atoms with Crippen LogP contribution >= 0.6 is 0 Å². The number of aromatic nitrogens is 2. The lowest BCUT2D eigenvalue weighted by molar-refractivity contribution is -0.124. The fourth-order valence-electron chi connectivity index (χ4n) is 5.42. The number of amides is 1. The molecule has 5 rings (SSSR count). The Bertz CT molecular complexity index is 687. The molecule has 1 heterocycles. The first kappa shape index (κ1) is 16.6. The van der Waals surface area contributed by atoms with Gasteiger partial charge in [-0.25, -0.2) is 9.78 Å². The van der Waals surface area contributed by atoms with Crippen LogP contribution in [0.3, 0.4) is 0 Å². The highest BCUT2D eigenvalue weighted by atomic mass is 16.5. The molecular weight excluding hydrogens is 318 g/mol. The van der Waals surface area contributed by atoms with Gasteiger partial charge in [0.2, 0.25) is 0 Å². The molecule has 3 atom stereocenters. The molecule has 3 unspecified atom stereocenters. The minimum absolute atomic E-state index is 0.0691. The van der Waals surface area contributed by atoms with E-state index in [9.17, 15) is 9.59 Å². The lowest BCUT2D eigenvalue weighted by Gasteiger charge is -2.48. The topological polar surface area (TPSA) is 84.1 Å². The zero-order valence-electron chi connectivity index (χ0n) is 14.8. The highest BCUT2D eigenvalue weighted by molar-refractivity contribution is 5.77. The number of carbonyl (C=O) groups excluding carboxylic acids is 1. The van der Waals surface area contributed by atoms with Crippen molar-refractivity contribution < 1.29 is 9.53 Å². The zero-order chi connectivity index (χ0) is 17.4. The summed E-state index contributed by atoms with van der Waals surface area (Å²) in [6.45, 7) is 1.72. The Morgan fingerprint density at radius 3 is 2.68 bits per heavy atom. The van der Waals surface area contributed by atoms with E-state index < -0.39 is 5.69 Å². The van der Waals surface area contributed by atoms with Crippen LogP contribution in [0.4, 0.5) is 0 Å². The zero-order valence-corrected chi connectivity index (χ0v) is 14.8. The molecule has 4 aliphatic carbocycles. The van der Waals surface area contributed by atoms with Gasteiger partial charge in [-0.2, -0.15) is 0 Å². The van der Waals surface area contributed by atoms with E-state index in [4.69, 9.17) is 4.74 Å². The second kappa shape index (κ2) is 6.81. The first-order chi connectivity index (χ1) is 12.1. The molecule has 1 aromatic heterocycles. The number of fused-ring (bicyclic) bond motifs is 2. The number of nitrogens with one attached hydrogen (secondary N) is 2. The third kappa shape index (κ3) is 3.72. The van der Waals surface area contributed by atoms with Crippen LogP contribution in [-0.2, 0) is 4.79 Å². The molecule has 4 aliphatic rings. The molecule has 136 valence electrons. The van der Waals surface area contributed by atoms with Crippen LogP contribution in [0.5, 0.6) is 5.88 Å². The van der Waals surface area contributed by atoms with E-state index in [1.807, 2.05) is 0 Å². The van der Waals surface area contributed by atoms with Crippen LogP contribution in [0.1, 0.15) is 50.5 Å². The lowest BCUT2D eigenvalue weighted by Crippen LogP contribution is -2.48. The first-order valence-electron chi connectivity index (χ1n) is 9.55. The highest BCUT2D eigenvalue weighted by Crippen LogP contribution is 2.49. The molecule has 4 bridgehead atoms. The second-order valence-electron chi connectivity index (χ2n) is 8.28. The SMILES string of the molecule is Cc1cnc(=O)[nH]c1OCC(=O)NC1CCC2CC3CC(C2)CC1C3.